The highest BCUT2D eigenvalue weighted by Crippen LogP contribution is 2.17. The minimum Gasteiger partial charge on any atom is -0.354 e. The topological polar surface area (TPSA) is 165 Å². The fourth-order valence-electron chi connectivity index (χ4n) is 5.82. The summed E-state index contributed by atoms with van der Waals surface area (Å²) in [6.07, 6.45) is 2.48. The highest BCUT2D eigenvalue weighted by atomic mass is 16.2. The van der Waals surface area contributed by atoms with Gasteiger partial charge in [-0.25, -0.2) is 0 Å². The molecule has 3 atom stereocenters. The third-order valence-electron chi connectivity index (χ3n) is 8.69. The Kier molecular flexibility index (Phi) is 13.1. The van der Waals surface area contributed by atoms with E-state index in [0.717, 1.165) is 28.8 Å². The molecule has 0 unspecified atom stereocenters. The van der Waals surface area contributed by atoms with Crippen molar-refractivity contribution in [2.75, 3.05) is 13.1 Å². The number of nitrogens with zero attached hydrogens (tertiary/aromatic N) is 2. The molecule has 5 rings (SSSR count). The van der Waals surface area contributed by atoms with E-state index in [2.05, 4.69) is 31.5 Å². The van der Waals surface area contributed by atoms with Crippen molar-refractivity contribution in [3.8, 4) is 0 Å². The normalized spacial score (nSPS) is 20.2. The molecule has 0 spiro atoms. The summed E-state index contributed by atoms with van der Waals surface area (Å²) in [6.45, 7) is 10.4. The first-order chi connectivity index (χ1) is 23.5. The zero-order valence-corrected chi connectivity index (χ0v) is 29.1. The maximum Gasteiger partial charge on any atom is 0.274 e. The van der Waals surface area contributed by atoms with E-state index in [1.807, 2.05) is 58.0 Å². The molecular formula is C37H49N7O5. The van der Waals surface area contributed by atoms with Gasteiger partial charge in [-0.05, 0) is 68.7 Å². The molecule has 12 nitrogen and oxygen atoms in total. The Labute approximate surface area is 288 Å². The van der Waals surface area contributed by atoms with Gasteiger partial charge in [-0.3, -0.25) is 29.1 Å². The van der Waals surface area contributed by atoms with Crippen LogP contribution in [-0.2, 0) is 33.8 Å². The lowest BCUT2D eigenvalue weighted by Gasteiger charge is -2.25. The fourth-order valence-corrected chi connectivity index (χ4v) is 5.82. The van der Waals surface area contributed by atoms with Crippen LogP contribution >= 0.6 is 0 Å². The average Bonchev–Trinajstić information content (AvgIpc) is 3.46. The van der Waals surface area contributed by atoms with E-state index in [4.69, 9.17) is 0 Å². The number of aryl methyl sites for hydroxylation is 1. The number of rotatable bonds is 6. The van der Waals surface area contributed by atoms with Crippen LogP contribution in [0.2, 0.25) is 0 Å². The van der Waals surface area contributed by atoms with Crippen LogP contribution in [0.15, 0.2) is 54.6 Å². The molecule has 2 aliphatic heterocycles. The van der Waals surface area contributed by atoms with Crippen LogP contribution in [0.3, 0.4) is 0 Å². The average molecular weight is 672 g/mol. The van der Waals surface area contributed by atoms with Crippen molar-refractivity contribution in [2.45, 2.75) is 91.4 Å². The first kappa shape index (κ1) is 36.8. The van der Waals surface area contributed by atoms with E-state index in [-0.39, 0.29) is 24.2 Å². The Morgan fingerprint density at radius 1 is 0.898 bits per heavy atom. The molecule has 0 fully saturated rings. The van der Waals surface area contributed by atoms with Crippen LogP contribution in [0, 0.1) is 12.8 Å². The van der Waals surface area contributed by atoms with Crippen LogP contribution < -0.4 is 21.3 Å². The van der Waals surface area contributed by atoms with Gasteiger partial charge in [0.2, 0.25) is 17.7 Å². The standard InChI is InChI=1S/C37H49N7O5/c1-6-29-24(4)32(43-42-29)37(49)44-19-11-10-18-38-33(45)25(5)39-35(47)30(20-23(2)3)41-36(48)31(21-26-12-8-7-9-13-26)40-34(46)28-16-14-27(22-44)15-17-28/h7-9,12-17,23,25,30-31H,6,10-11,18-22H2,1-5H3,(H,38,45)(H,39,47)(H,40,46)(H,41,48)(H,42,43)/t25-,30+,31-/m1/s1. The van der Waals surface area contributed by atoms with Crippen molar-refractivity contribution < 1.29 is 24.0 Å². The predicted octanol–water partition coefficient (Wildman–Crippen LogP) is 3.21. The van der Waals surface area contributed by atoms with Crippen LogP contribution in [0.25, 0.3) is 0 Å². The zero-order valence-electron chi connectivity index (χ0n) is 29.1. The van der Waals surface area contributed by atoms with E-state index in [9.17, 15) is 24.0 Å². The SMILES string of the molecule is CCc1[nH]nc(C(=O)N2CCCCNC(=O)[C@@H](C)NC(=O)[C@H](CC(C)C)NC(=O)[C@@H](Cc3ccccc3)NC(=O)c3ccc(cc3)C2)c1C. The molecular weight excluding hydrogens is 622 g/mol. The molecule has 262 valence electrons. The number of hydrogen-bond donors (Lipinski definition) is 5. The second-order valence-corrected chi connectivity index (χ2v) is 13.1. The number of benzene rings is 2. The molecule has 12 heteroatoms. The number of carbonyl (C=O) groups is 5. The van der Waals surface area contributed by atoms with E-state index >= 15 is 0 Å². The lowest BCUT2D eigenvalue weighted by Crippen LogP contribution is -2.57. The summed E-state index contributed by atoms with van der Waals surface area (Å²) in [5.74, 6) is -1.94. The summed E-state index contributed by atoms with van der Waals surface area (Å²) in [6, 6.07) is 13.5. The molecule has 2 bridgehead atoms. The number of fused-ring (bicyclic) bond motifs is 18. The van der Waals surface area contributed by atoms with E-state index in [1.54, 1.807) is 36.1 Å². The number of carbonyl (C=O) groups excluding carboxylic acids is 5. The summed E-state index contributed by atoms with van der Waals surface area (Å²) in [7, 11) is 0. The van der Waals surface area contributed by atoms with Gasteiger partial charge < -0.3 is 26.2 Å². The van der Waals surface area contributed by atoms with Gasteiger partial charge in [0.25, 0.3) is 11.8 Å². The van der Waals surface area contributed by atoms with Crippen molar-refractivity contribution >= 4 is 29.5 Å². The van der Waals surface area contributed by atoms with Crippen LogP contribution in [0.1, 0.15) is 90.2 Å². The zero-order chi connectivity index (χ0) is 35.5. The van der Waals surface area contributed by atoms with Crippen molar-refractivity contribution in [3.05, 3.63) is 88.2 Å². The molecule has 0 saturated heterocycles. The Bertz CT molecular complexity index is 1600. The molecule has 3 aromatic rings. The Morgan fingerprint density at radius 2 is 1.59 bits per heavy atom. The fraction of sp³-hybridized carbons (Fsp3) is 0.459. The van der Waals surface area contributed by atoms with E-state index in [0.29, 0.717) is 50.2 Å². The Morgan fingerprint density at radius 3 is 2.24 bits per heavy atom. The number of amides is 5. The summed E-state index contributed by atoms with van der Waals surface area (Å²) >= 11 is 0. The van der Waals surface area contributed by atoms with Gasteiger partial charge in [0.1, 0.15) is 18.1 Å². The summed E-state index contributed by atoms with van der Waals surface area (Å²) in [4.78, 5) is 69.0. The molecule has 3 heterocycles. The minimum atomic E-state index is -0.981. The van der Waals surface area contributed by atoms with Gasteiger partial charge in [-0.15, -0.1) is 0 Å². The van der Waals surface area contributed by atoms with Crippen molar-refractivity contribution in [1.82, 2.24) is 36.4 Å². The second-order valence-electron chi connectivity index (χ2n) is 13.1. The third kappa shape index (κ3) is 10.2. The monoisotopic (exact) mass is 671 g/mol. The van der Waals surface area contributed by atoms with Gasteiger partial charge in [-0.1, -0.05) is 63.2 Å². The molecule has 0 saturated carbocycles. The molecule has 5 amide bonds. The van der Waals surface area contributed by atoms with Crippen LogP contribution in [0.4, 0.5) is 0 Å². The van der Waals surface area contributed by atoms with Crippen molar-refractivity contribution in [3.63, 3.8) is 0 Å². The Balaban J connectivity index is 1.63. The molecule has 0 aliphatic carbocycles. The van der Waals surface area contributed by atoms with E-state index in [1.165, 1.54) is 0 Å². The molecule has 49 heavy (non-hydrogen) atoms. The smallest absolute Gasteiger partial charge is 0.274 e. The first-order valence-corrected chi connectivity index (χ1v) is 17.1. The van der Waals surface area contributed by atoms with Gasteiger partial charge in [0.05, 0.1) is 0 Å². The highest BCUT2D eigenvalue weighted by Gasteiger charge is 2.30. The minimum absolute atomic E-state index is 0.0624. The van der Waals surface area contributed by atoms with Crippen LogP contribution in [0.5, 0.6) is 0 Å². The number of aromatic amines is 1. The Hall–Kier alpha value is -5.00. The largest absolute Gasteiger partial charge is 0.354 e. The lowest BCUT2D eigenvalue weighted by atomic mass is 10.0. The highest BCUT2D eigenvalue weighted by molar-refractivity contribution is 5.99. The maximum absolute atomic E-state index is 13.7. The quantitative estimate of drug-likeness (QED) is 0.253. The molecule has 2 aromatic carbocycles. The number of hydrogen-bond acceptors (Lipinski definition) is 6. The number of nitrogens with one attached hydrogen (secondary N) is 5. The second kappa shape index (κ2) is 17.4. The first-order valence-electron chi connectivity index (χ1n) is 17.1. The molecule has 2 aliphatic rings. The van der Waals surface area contributed by atoms with Gasteiger partial charge in [-0.2, -0.15) is 5.10 Å². The number of aromatic nitrogens is 2. The van der Waals surface area contributed by atoms with Gasteiger partial charge in [0.15, 0.2) is 5.69 Å². The summed E-state index contributed by atoms with van der Waals surface area (Å²) in [5, 5.41) is 18.6. The summed E-state index contributed by atoms with van der Waals surface area (Å²) < 4.78 is 0. The lowest BCUT2D eigenvalue weighted by molar-refractivity contribution is -0.132. The van der Waals surface area contributed by atoms with Crippen molar-refractivity contribution in [2.24, 2.45) is 5.92 Å². The molecule has 1 aromatic heterocycles. The van der Waals surface area contributed by atoms with Gasteiger partial charge >= 0.3 is 0 Å². The predicted molar refractivity (Wildman–Crippen MR) is 187 cm³/mol. The number of H-pyrrole nitrogens is 1. The summed E-state index contributed by atoms with van der Waals surface area (Å²) in [5.41, 5.74) is 4.10. The maximum atomic E-state index is 13.7. The van der Waals surface area contributed by atoms with Crippen molar-refractivity contribution in [1.29, 1.82) is 0 Å². The van der Waals surface area contributed by atoms with E-state index < -0.39 is 35.8 Å². The third-order valence-corrected chi connectivity index (χ3v) is 8.69. The molecule has 0 radical (unpaired) electrons. The molecule has 5 N–H and O–H groups in total. The van der Waals surface area contributed by atoms with Crippen LogP contribution in [-0.4, -0.2) is 75.8 Å². The van der Waals surface area contributed by atoms with Gasteiger partial charge in [0, 0.05) is 42.9 Å².